The van der Waals surface area contributed by atoms with Crippen LogP contribution < -0.4 is 4.74 Å². The maximum Gasteiger partial charge on any atom is 0.222 e. The second-order valence-corrected chi connectivity index (χ2v) is 5.48. The second kappa shape index (κ2) is 7.13. The van der Waals surface area contributed by atoms with E-state index in [0.29, 0.717) is 15.8 Å². The van der Waals surface area contributed by atoms with Crippen LogP contribution in [0.25, 0.3) is 6.08 Å². The van der Waals surface area contributed by atoms with Gasteiger partial charge >= 0.3 is 0 Å². The zero-order valence-corrected chi connectivity index (χ0v) is 13.4. The molecule has 0 aliphatic heterocycles. The number of allylic oxidation sites excluding steroid dienone is 5. The van der Waals surface area contributed by atoms with Gasteiger partial charge < -0.3 is 4.74 Å². The molecule has 0 aromatic heterocycles. The summed E-state index contributed by atoms with van der Waals surface area (Å²) in [6.07, 6.45) is 6.89. The van der Waals surface area contributed by atoms with Crippen molar-refractivity contribution < 1.29 is 19.1 Å². The number of ether oxygens (including phenoxy) is 1. The van der Waals surface area contributed by atoms with Crippen LogP contribution in [-0.4, -0.2) is 24.5 Å². The summed E-state index contributed by atoms with van der Waals surface area (Å²) in [6, 6.07) is 7.19. The molecule has 0 N–H and O–H groups in total. The lowest BCUT2D eigenvalue weighted by Gasteiger charge is -2.06. The number of methoxy groups -OCH3 is 1. The molecule has 2 rings (SSSR count). The minimum Gasteiger partial charge on any atom is -0.496 e. The van der Waals surface area contributed by atoms with Gasteiger partial charge in [-0.05, 0) is 30.4 Å². The van der Waals surface area contributed by atoms with Crippen LogP contribution in [0.15, 0.2) is 53.1 Å². The van der Waals surface area contributed by atoms with Gasteiger partial charge in [0, 0.05) is 10.0 Å². The summed E-state index contributed by atoms with van der Waals surface area (Å²) in [5.74, 6) is -2.36. The largest absolute Gasteiger partial charge is 0.496 e. The fourth-order valence-corrected chi connectivity index (χ4v) is 2.37. The maximum absolute atomic E-state index is 12.2. The first-order valence-electron chi connectivity index (χ1n) is 6.51. The van der Waals surface area contributed by atoms with Crippen molar-refractivity contribution >= 4 is 39.4 Å². The van der Waals surface area contributed by atoms with Gasteiger partial charge in [-0.15, -0.1) is 0 Å². The van der Waals surface area contributed by atoms with Crippen molar-refractivity contribution in [1.29, 1.82) is 0 Å². The number of para-hydroxylation sites is 1. The lowest BCUT2D eigenvalue weighted by molar-refractivity contribution is -0.138. The van der Waals surface area contributed by atoms with Crippen LogP contribution in [0.4, 0.5) is 0 Å². The Morgan fingerprint density at radius 2 is 1.95 bits per heavy atom. The monoisotopic (exact) mass is 360 g/mol. The van der Waals surface area contributed by atoms with Crippen molar-refractivity contribution in [3.8, 4) is 5.75 Å². The van der Waals surface area contributed by atoms with Crippen molar-refractivity contribution in [2.45, 2.75) is 0 Å². The average Bonchev–Trinajstić information content (AvgIpc) is 2.66. The van der Waals surface area contributed by atoms with Gasteiger partial charge in [-0.2, -0.15) is 0 Å². The predicted octanol–water partition coefficient (Wildman–Crippen LogP) is 2.88. The number of carbonyl (C=O) groups is 3. The number of halogens is 1. The summed E-state index contributed by atoms with van der Waals surface area (Å²) in [6.45, 7) is 0. The highest BCUT2D eigenvalue weighted by Gasteiger charge is 2.28. The Bertz CT molecular complexity index is 713. The number of hydrogen-bond donors (Lipinski definition) is 0. The molecule has 5 heteroatoms. The predicted molar refractivity (Wildman–Crippen MR) is 86.7 cm³/mol. The van der Waals surface area contributed by atoms with Crippen LogP contribution in [0.2, 0.25) is 0 Å². The molecule has 1 atom stereocenters. The van der Waals surface area contributed by atoms with Crippen molar-refractivity contribution in [2.75, 3.05) is 7.11 Å². The zero-order valence-electron chi connectivity index (χ0n) is 11.8. The smallest absolute Gasteiger partial charge is 0.222 e. The molecule has 1 aliphatic rings. The highest BCUT2D eigenvalue weighted by Crippen LogP contribution is 2.21. The number of ketones is 3. The van der Waals surface area contributed by atoms with E-state index in [2.05, 4.69) is 15.9 Å². The van der Waals surface area contributed by atoms with Gasteiger partial charge in [-0.25, -0.2) is 0 Å². The molecular formula is C17H13BrO4. The molecule has 1 aromatic rings. The average molecular weight is 361 g/mol. The van der Waals surface area contributed by atoms with Gasteiger partial charge in [0.15, 0.2) is 5.78 Å². The third-order valence-corrected chi connectivity index (χ3v) is 3.65. The SMILES string of the molecule is COc1ccccc1/C=C/C(=O)C1C=C(Br)C=CC(=O)C1=O. The van der Waals surface area contributed by atoms with Crippen LogP contribution >= 0.6 is 15.9 Å². The Morgan fingerprint density at radius 1 is 1.23 bits per heavy atom. The van der Waals surface area contributed by atoms with Crippen LogP contribution in [0.1, 0.15) is 5.56 Å². The lowest BCUT2D eigenvalue weighted by atomic mass is 9.96. The van der Waals surface area contributed by atoms with E-state index in [9.17, 15) is 14.4 Å². The number of Topliss-reactive ketones (excluding diaryl/α,β-unsaturated/α-hetero) is 1. The Balaban J connectivity index is 2.24. The Labute approximate surface area is 136 Å². The molecule has 0 radical (unpaired) electrons. The molecule has 0 fully saturated rings. The number of rotatable bonds is 4. The molecule has 0 heterocycles. The molecule has 112 valence electrons. The minimum atomic E-state index is -1.11. The molecule has 0 saturated carbocycles. The zero-order chi connectivity index (χ0) is 16.1. The first kappa shape index (κ1) is 16.1. The molecule has 1 aromatic carbocycles. The third kappa shape index (κ3) is 3.68. The molecule has 22 heavy (non-hydrogen) atoms. The molecule has 1 unspecified atom stereocenters. The highest BCUT2D eigenvalue weighted by atomic mass is 79.9. The topological polar surface area (TPSA) is 60.4 Å². The van der Waals surface area contributed by atoms with Crippen molar-refractivity contribution in [3.63, 3.8) is 0 Å². The molecule has 4 nitrogen and oxygen atoms in total. The summed E-state index contributed by atoms with van der Waals surface area (Å²) in [5, 5.41) is 0. The summed E-state index contributed by atoms with van der Waals surface area (Å²) in [5.41, 5.74) is 0.715. The molecule has 0 spiro atoms. The van der Waals surface area contributed by atoms with Gasteiger partial charge in [0.2, 0.25) is 11.6 Å². The Kier molecular flexibility index (Phi) is 5.22. The normalized spacial score (nSPS) is 18.3. The van der Waals surface area contributed by atoms with Gasteiger partial charge in [0.1, 0.15) is 11.7 Å². The van der Waals surface area contributed by atoms with Crippen molar-refractivity contribution in [1.82, 2.24) is 0 Å². The van der Waals surface area contributed by atoms with E-state index in [0.717, 1.165) is 6.08 Å². The van der Waals surface area contributed by atoms with Crippen LogP contribution in [0.5, 0.6) is 5.75 Å². The number of hydrogen-bond acceptors (Lipinski definition) is 4. The fourth-order valence-electron chi connectivity index (χ4n) is 1.97. The van der Waals surface area contributed by atoms with Crippen LogP contribution in [-0.2, 0) is 14.4 Å². The molecule has 1 aliphatic carbocycles. The van der Waals surface area contributed by atoms with E-state index in [4.69, 9.17) is 4.74 Å². The van der Waals surface area contributed by atoms with Gasteiger partial charge in [-0.3, -0.25) is 14.4 Å². The van der Waals surface area contributed by atoms with E-state index >= 15 is 0 Å². The van der Waals surface area contributed by atoms with Gasteiger partial charge in [0.05, 0.1) is 7.11 Å². The van der Waals surface area contributed by atoms with E-state index in [1.54, 1.807) is 18.2 Å². The minimum absolute atomic E-state index is 0.454. The summed E-state index contributed by atoms with van der Waals surface area (Å²) < 4.78 is 5.71. The third-order valence-electron chi connectivity index (χ3n) is 3.12. The van der Waals surface area contributed by atoms with Gasteiger partial charge in [-0.1, -0.05) is 40.2 Å². The molecule has 0 saturated heterocycles. The summed E-state index contributed by atoms with van der Waals surface area (Å²) >= 11 is 3.19. The number of carbonyl (C=O) groups excluding carboxylic acids is 3. The highest BCUT2D eigenvalue weighted by molar-refractivity contribution is 9.11. The quantitative estimate of drug-likeness (QED) is 0.470. The van der Waals surface area contributed by atoms with E-state index in [1.165, 1.54) is 25.3 Å². The standard InChI is InChI=1S/C17H13BrO4/c1-22-16-5-3-2-4-11(16)6-8-14(19)13-10-12(18)7-9-15(20)17(13)21/h2-10,13H,1H3/b8-6+. The Hall–Kier alpha value is -2.27. The van der Waals surface area contributed by atoms with Crippen molar-refractivity contribution in [2.24, 2.45) is 5.92 Å². The van der Waals surface area contributed by atoms with Crippen LogP contribution in [0.3, 0.4) is 0 Å². The summed E-state index contributed by atoms with van der Waals surface area (Å²) in [7, 11) is 1.54. The second-order valence-electron chi connectivity index (χ2n) is 4.57. The number of benzene rings is 1. The lowest BCUT2D eigenvalue weighted by Crippen LogP contribution is -2.26. The molecular weight excluding hydrogens is 348 g/mol. The van der Waals surface area contributed by atoms with Crippen LogP contribution in [0, 0.1) is 5.92 Å². The van der Waals surface area contributed by atoms with Crippen molar-refractivity contribution in [3.05, 3.63) is 58.6 Å². The van der Waals surface area contributed by atoms with Gasteiger partial charge in [0.25, 0.3) is 0 Å². The fraction of sp³-hybridized carbons (Fsp3) is 0.118. The first-order valence-corrected chi connectivity index (χ1v) is 7.30. The maximum atomic E-state index is 12.2. The van der Waals surface area contributed by atoms with E-state index in [1.807, 2.05) is 12.1 Å². The molecule has 0 amide bonds. The van der Waals surface area contributed by atoms with E-state index < -0.39 is 23.3 Å². The Morgan fingerprint density at radius 3 is 2.68 bits per heavy atom. The first-order chi connectivity index (χ1) is 10.5. The van der Waals surface area contributed by atoms with E-state index in [-0.39, 0.29) is 0 Å². The summed E-state index contributed by atoms with van der Waals surface area (Å²) in [4.78, 5) is 35.7. The molecule has 0 bridgehead atoms.